The van der Waals surface area contributed by atoms with Gasteiger partial charge in [0.05, 0.1) is 7.11 Å². The minimum atomic E-state index is -0.773. The smallest absolute Gasteiger partial charge is 0.268 e. The van der Waals surface area contributed by atoms with Crippen LogP contribution >= 0.6 is 12.2 Å². The molecule has 1 aromatic carbocycles. The number of aromatic hydroxyl groups is 2. The molecule has 31 heavy (non-hydrogen) atoms. The van der Waals surface area contributed by atoms with Crippen LogP contribution in [0.25, 0.3) is 39.2 Å². The normalized spacial score (nSPS) is 12.4. The first-order valence-electron chi connectivity index (χ1n) is 8.61. The lowest BCUT2D eigenvalue weighted by molar-refractivity contribution is -0.112. The Morgan fingerprint density at radius 2 is 1.81 bits per heavy atom. The van der Waals surface area contributed by atoms with E-state index in [1.807, 2.05) is 0 Å². The average molecular weight is 446 g/mol. The average Bonchev–Trinajstić information content (AvgIpc) is 3.26. The topological polar surface area (TPSA) is 188 Å². The van der Waals surface area contributed by atoms with Gasteiger partial charge in [0, 0.05) is 0 Å². The molecular weight excluding hydrogens is 432 g/mol. The highest BCUT2D eigenvalue weighted by Gasteiger charge is 2.29. The number of aliphatic hydroxyl groups excluding tert-OH is 1. The molecule has 4 rings (SSSR count). The van der Waals surface area contributed by atoms with Crippen molar-refractivity contribution < 1.29 is 33.7 Å². The van der Waals surface area contributed by atoms with Crippen LogP contribution in [0.2, 0.25) is 0 Å². The third-order valence-electron chi connectivity index (χ3n) is 4.38. The summed E-state index contributed by atoms with van der Waals surface area (Å²) in [5.74, 6) is -2.53. The summed E-state index contributed by atoms with van der Waals surface area (Å²) in [7, 11) is 1.30. The number of methoxy groups -OCH3 is 1. The zero-order valence-electron chi connectivity index (χ0n) is 16.2. The maximum atomic E-state index is 12.2. The number of carbonyl (C=O) groups excluding carboxylic acids is 1. The minimum Gasteiger partial charge on any atom is -0.512 e. The molecule has 13 heteroatoms. The molecule has 3 aromatic heterocycles. The van der Waals surface area contributed by atoms with E-state index in [-0.39, 0.29) is 61.4 Å². The van der Waals surface area contributed by atoms with Crippen LogP contribution in [0.5, 0.6) is 17.4 Å². The summed E-state index contributed by atoms with van der Waals surface area (Å²) >= 11 is 4.79. The van der Waals surface area contributed by atoms with Crippen molar-refractivity contribution in [3.05, 3.63) is 26.8 Å². The van der Waals surface area contributed by atoms with Gasteiger partial charge in [-0.1, -0.05) is 0 Å². The number of benzene rings is 1. The van der Waals surface area contributed by atoms with Gasteiger partial charge in [-0.3, -0.25) is 14.6 Å². The fourth-order valence-corrected chi connectivity index (χ4v) is 3.31. The van der Waals surface area contributed by atoms with Crippen LogP contribution in [0.1, 0.15) is 19.7 Å². The number of hydrogen-bond acceptors (Lipinski definition) is 11. The fraction of sp³-hybridized carbons (Fsp3) is 0.167. The Bertz CT molecular complexity index is 1530. The molecule has 0 saturated carbocycles. The van der Waals surface area contributed by atoms with Gasteiger partial charge < -0.3 is 33.9 Å². The molecule has 4 aromatic rings. The molecule has 0 atom stereocenters. The summed E-state index contributed by atoms with van der Waals surface area (Å²) < 4.78 is 16.3. The monoisotopic (exact) mass is 446 g/mol. The number of nitrogens with one attached hydrogen (secondary N) is 2. The zero-order chi connectivity index (χ0) is 22.6. The molecule has 0 unspecified atom stereocenters. The van der Waals surface area contributed by atoms with Gasteiger partial charge in [-0.2, -0.15) is 0 Å². The van der Waals surface area contributed by atoms with Crippen LogP contribution in [0.3, 0.4) is 0 Å². The molecule has 0 aliphatic heterocycles. The number of ether oxygens (including phenoxy) is 1. The molecule has 0 amide bonds. The van der Waals surface area contributed by atoms with E-state index in [0.29, 0.717) is 0 Å². The van der Waals surface area contributed by atoms with E-state index in [9.17, 15) is 24.9 Å². The lowest BCUT2D eigenvalue weighted by Gasteiger charge is -2.01. The van der Waals surface area contributed by atoms with E-state index in [1.54, 1.807) is 0 Å². The number of rotatable bonds is 4. The number of hydrogen-bond donors (Lipinski definition) is 5. The largest absolute Gasteiger partial charge is 0.512 e. The number of allylic oxidation sites excluding steroid dienone is 2. The molecule has 0 aliphatic rings. The summed E-state index contributed by atoms with van der Waals surface area (Å²) in [5.41, 5.74) is -1.77. The number of H-pyrrole nitrogens is 2. The van der Waals surface area contributed by atoms with Crippen LogP contribution < -0.4 is 10.3 Å². The van der Waals surface area contributed by atoms with Crippen LogP contribution in [-0.4, -0.2) is 48.1 Å². The van der Waals surface area contributed by atoms with E-state index >= 15 is 0 Å². The van der Waals surface area contributed by atoms with Gasteiger partial charge in [0.1, 0.15) is 11.3 Å². The third kappa shape index (κ3) is 3.02. The van der Waals surface area contributed by atoms with Crippen molar-refractivity contribution >= 4 is 45.8 Å². The Morgan fingerprint density at radius 1 is 1.10 bits per heavy atom. The number of oxazole rings is 2. The molecular formula is C18H14N4O8S. The fourth-order valence-electron chi connectivity index (χ4n) is 3.12. The predicted molar refractivity (Wildman–Crippen MR) is 109 cm³/mol. The maximum Gasteiger partial charge on any atom is 0.268 e. The second-order valence-corrected chi connectivity index (χ2v) is 6.83. The zero-order valence-corrected chi connectivity index (χ0v) is 17.0. The standard InChI is InChI=1S/C18H14N4O8S/c1-4(23)6(5(2)24)16-19-8-10(25)11-9(12(28-3)13(8)30-16)20-17(29-11)7-14(26)21-18(31)22-15(7)27/h23,25H,1-3H3,(H3,21,22,26,27,31)/b6-4+. The first kappa shape index (κ1) is 20.2. The molecule has 0 saturated heterocycles. The van der Waals surface area contributed by atoms with E-state index in [1.165, 1.54) is 21.0 Å². The van der Waals surface area contributed by atoms with Crippen molar-refractivity contribution in [3.8, 4) is 28.8 Å². The van der Waals surface area contributed by atoms with Crippen molar-refractivity contribution in [1.82, 2.24) is 19.9 Å². The summed E-state index contributed by atoms with van der Waals surface area (Å²) in [6.07, 6.45) is 0. The van der Waals surface area contributed by atoms with Crippen molar-refractivity contribution in [2.24, 2.45) is 0 Å². The highest BCUT2D eigenvalue weighted by atomic mass is 32.1. The number of ketones is 1. The molecule has 0 bridgehead atoms. The SMILES string of the molecule is COc1c2nc(-c3c(O)[nH]c(=S)[nH]c3=O)oc2c(O)c2nc(/C(C(C)=O)=C(\C)O)oc12. The van der Waals surface area contributed by atoms with Crippen molar-refractivity contribution in [2.75, 3.05) is 7.11 Å². The Kier molecular flexibility index (Phi) is 4.54. The number of aromatic amines is 2. The third-order valence-corrected chi connectivity index (χ3v) is 4.59. The molecule has 0 spiro atoms. The number of phenolic OH excluding ortho intramolecular Hbond substituents is 1. The van der Waals surface area contributed by atoms with Gasteiger partial charge in [0.2, 0.25) is 28.8 Å². The summed E-state index contributed by atoms with van der Waals surface area (Å²) in [4.78, 5) is 37.0. The van der Waals surface area contributed by atoms with E-state index < -0.39 is 23.0 Å². The number of fused-ring (bicyclic) bond motifs is 2. The number of carbonyl (C=O) groups is 1. The van der Waals surface area contributed by atoms with Crippen molar-refractivity contribution in [2.45, 2.75) is 13.8 Å². The van der Waals surface area contributed by atoms with E-state index in [2.05, 4.69) is 19.9 Å². The Balaban J connectivity index is 2.06. The lowest BCUT2D eigenvalue weighted by Crippen LogP contribution is -2.10. The molecule has 12 nitrogen and oxygen atoms in total. The molecule has 0 fully saturated rings. The van der Waals surface area contributed by atoms with Crippen LogP contribution in [0.15, 0.2) is 19.4 Å². The predicted octanol–water partition coefficient (Wildman–Crippen LogP) is 2.68. The van der Waals surface area contributed by atoms with Gasteiger partial charge in [-0.15, -0.1) is 0 Å². The number of nitrogens with zero attached hydrogens (tertiary/aromatic N) is 2. The number of aromatic nitrogens is 4. The van der Waals surface area contributed by atoms with Gasteiger partial charge in [0.25, 0.3) is 5.56 Å². The first-order chi connectivity index (χ1) is 14.6. The highest BCUT2D eigenvalue weighted by Crippen LogP contribution is 2.44. The highest BCUT2D eigenvalue weighted by molar-refractivity contribution is 7.71. The Labute approximate surface area is 176 Å². The lowest BCUT2D eigenvalue weighted by atomic mass is 10.1. The van der Waals surface area contributed by atoms with Crippen LogP contribution in [0, 0.1) is 4.77 Å². The van der Waals surface area contributed by atoms with Gasteiger partial charge in [-0.25, -0.2) is 9.97 Å². The Hall–Kier alpha value is -4.13. The molecule has 0 radical (unpaired) electrons. The molecule has 160 valence electrons. The van der Waals surface area contributed by atoms with E-state index in [0.717, 1.165) is 0 Å². The second kappa shape index (κ2) is 6.98. The number of aliphatic hydroxyl groups is 1. The van der Waals surface area contributed by atoms with Gasteiger partial charge in [0.15, 0.2) is 38.7 Å². The maximum absolute atomic E-state index is 12.2. The first-order valence-corrected chi connectivity index (χ1v) is 9.01. The minimum absolute atomic E-state index is 0.0187. The number of Topliss-reactive ketones (excluding diaryl/α,β-unsaturated/α-hetero) is 1. The van der Waals surface area contributed by atoms with Gasteiger partial charge in [-0.05, 0) is 26.1 Å². The van der Waals surface area contributed by atoms with Crippen LogP contribution in [0.4, 0.5) is 0 Å². The summed E-state index contributed by atoms with van der Waals surface area (Å²) in [5, 5.41) is 30.6. The van der Waals surface area contributed by atoms with Crippen molar-refractivity contribution in [1.29, 1.82) is 0 Å². The quantitative estimate of drug-likeness (QED) is 0.176. The number of phenols is 1. The Morgan fingerprint density at radius 3 is 2.39 bits per heavy atom. The van der Waals surface area contributed by atoms with Gasteiger partial charge >= 0.3 is 0 Å². The van der Waals surface area contributed by atoms with Crippen LogP contribution in [-0.2, 0) is 4.79 Å². The summed E-state index contributed by atoms with van der Waals surface area (Å²) in [6, 6.07) is 0. The molecule has 0 aliphatic carbocycles. The summed E-state index contributed by atoms with van der Waals surface area (Å²) in [6.45, 7) is 2.51. The van der Waals surface area contributed by atoms with E-state index in [4.69, 9.17) is 25.8 Å². The molecule has 3 heterocycles. The molecule has 5 N–H and O–H groups in total. The van der Waals surface area contributed by atoms with Crippen molar-refractivity contribution in [3.63, 3.8) is 0 Å². The second-order valence-electron chi connectivity index (χ2n) is 6.42.